The van der Waals surface area contributed by atoms with Gasteiger partial charge in [-0.15, -0.1) is 0 Å². The van der Waals surface area contributed by atoms with Crippen molar-refractivity contribution in [3.05, 3.63) is 0 Å². The van der Waals surface area contributed by atoms with Gasteiger partial charge in [-0.1, -0.05) is 19.8 Å². The summed E-state index contributed by atoms with van der Waals surface area (Å²) >= 11 is 0. The van der Waals surface area contributed by atoms with E-state index in [0.29, 0.717) is 19.0 Å². The standard InChI is InChI=1S/C11H22N2O2/c1-3-11(2,15)8-12-10(14)13-9-6-4-5-7-9/h9,15H,3-8H2,1-2H3,(H2,12,13,14). The molecule has 88 valence electrons. The normalized spacial score (nSPS) is 21.0. The third-order valence-corrected chi connectivity index (χ3v) is 3.08. The molecule has 1 atom stereocenters. The molecule has 0 radical (unpaired) electrons. The lowest BCUT2D eigenvalue weighted by atomic mass is 10.0. The van der Waals surface area contributed by atoms with Gasteiger partial charge in [-0.05, 0) is 26.2 Å². The lowest BCUT2D eigenvalue weighted by molar-refractivity contribution is 0.0580. The maximum absolute atomic E-state index is 11.4. The molecule has 4 nitrogen and oxygen atoms in total. The van der Waals surface area contributed by atoms with E-state index in [9.17, 15) is 9.90 Å². The molecule has 0 saturated heterocycles. The van der Waals surface area contributed by atoms with E-state index in [1.54, 1.807) is 6.92 Å². The molecule has 1 saturated carbocycles. The van der Waals surface area contributed by atoms with E-state index in [1.165, 1.54) is 12.8 Å². The Hall–Kier alpha value is -0.770. The number of aliphatic hydroxyl groups is 1. The van der Waals surface area contributed by atoms with Gasteiger partial charge < -0.3 is 15.7 Å². The summed E-state index contributed by atoms with van der Waals surface area (Å²) < 4.78 is 0. The monoisotopic (exact) mass is 214 g/mol. The SMILES string of the molecule is CCC(C)(O)CNC(=O)NC1CCCC1. The van der Waals surface area contributed by atoms with Crippen LogP contribution in [-0.4, -0.2) is 29.3 Å². The molecule has 3 N–H and O–H groups in total. The van der Waals surface area contributed by atoms with E-state index in [-0.39, 0.29) is 6.03 Å². The molecule has 1 fully saturated rings. The molecule has 15 heavy (non-hydrogen) atoms. The van der Waals surface area contributed by atoms with Gasteiger partial charge in [0.05, 0.1) is 5.60 Å². The Labute approximate surface area is 91.4 Å². The molecule has 2 amide bonds. The van der Waals surface area contributed by atoms with Crippen molar-refractivity contribution in [1.82, 2.24) is 10.6 Å². The second-order valence-corrected chi connectivity index (χ2v) is 4.66. The first-order valence-electron chi connectivity index (χ1n) is 5.80. The Morgan fingerprint density at radius 2 is 2.07 bits per heavy atom. The van der Waals surface area contributed by atoms with E-state index >= 15 is 0 Å². The maximum atomic E-state index is 11.4. The highest BCUT2D eigenvalue weighted by Crippen LogP contribution is 2.17. The van der Waals surface area contributed by atoms with E-state index in [4.69, 9.17) is 0 Å². The van der Waals surface area contributed by atoms with Gasteiger partial charge in [-0.3, -0.25) is 0 Å². The lowest BCUT2D eigenvalue weighted by Crippen LogP contribution is -2.46. The molecule has 0 heterocycles. The summed E-state index contributed by atoms with van der Waals surface area (Å²) in [4.78, 5) is 11.4. The number of rotatable bonds is 4. The molecule has 4 heteroatoms. The molecule has 0 aromatic rings. The van der Waals surface area contributed by atoms with Crippen LogP contribution in [0.3, 0.4) is 0 Å². The van der Waals surface area contributed by atoms with Crippen LogP contribution in [0.1, 0.15) is 46.0 Å². The van der Waals surface area contributed by atoms with Crippen LogP contribution < -0.4 is 10.6 Å². The lowest BCUT2D eigenvalue weighted by Gasteiger charge is -2.22. The molecule has 0 aliphatic heterocycles. The molecular formula is C11H22N2O2. The Morgan fingerprint density at radius 1 is 1.47 bits per heavy atom. The molecule has 1 aliphatic rings. The molecular weight excluding hydrogens is 192 g/mol. The van der Waals surface area contributed by atoms with Crippen molar-refractivity contribution in [2.75, 3.05) is 6.54 Å². The quantitative estimate of drug-likeness (QED) is 0.662. The summed E-state index contributed by atoms with van der Waals surface area (Å²) in [5, 5.41) is 15.3. The van der Waals surface area contributed by atoms with Crippen LogP contribution >= 0.6 is 0 Å². The summed E-state index contributed by atoms with van der Waals surface area (Å²) in [5.41, 5.74) is -0.799. The minimum atomic E-state index is -0.799. The summed E-state index contributed by atoms with van der Waals surface area (Å²) in [5.74, 6) is 0. The van der Waals surface area contributed by atoms with Crippen LogP contribution in [0.5, 0.6) is 0 Å². The summed E-state index contributed by atoms with van der Waals surface area (Å²) in [6.07, 6.45) is 5.21. The molecule has 0 aromatic carbocycles. The van der Waals surface area contributed by atoms with Crippen molar-refractivity contribution >= 4 is 6.03 Å². The molecule has 1 aliphatic carbocycles. The molecule has 0 bridgehead atoms. The highest BCUT2D eigenvalue weighted by molar-refractivity contribution is 5.74. The minimum absolute atomic E-state index is 0.157. The van der Waals surface area contributed by atoms with Crippen LogP contribution in [-0.2, 0) is 0 Å². The van der Waals surface area contributed by atoms with Crippen molar-refractivity contribution in [3.63, 3.8) is 0 Å². The first-order valence-corrected chi connectivity index (χ1v) is 5.80. The molecule has 1 rings (SSSR count). The zero-order chi connectivity index (χ0) is 11.3. The van der Waals surface area contributed by atoms with Gasteiger partial charge in [0.2, 0.25) is 0 Å². The third-order valence-electron chi connectivity index (χ3n) is 3.08. The highest BCUT2D eigenvalue weighted by Gasteiger charge is 2.20. The Morgan fingerprint density at radius 3 is 2.60 bits per heavy atom. The van der Waals surface area contributed by atoms with Crippen molar-refractivity contribution in [2.24, 2.45) is 0 Å². The zero-order valence-corrected chi connectivity index (χ0v) is 9.68. The second kappa shape index (κ2) is 5.35. The van der Waals surface area contributed by atoms with Crippen LogP contribution in [0.15, 0.2) is 0 Å². The Balaban J connectivity index is 2.18. The average molecular weight is 214 g/mol. The molecule has 0 aromatic heterocycles. The number of hydrogen-bond acceptors (Lipinski definition) is 2. The fourth-order valence-corrected chi connectivity index (χ4v) is 1.70. The fraction of sp³-hybridized carbons (Fsp3) is 0.909. The second-order valence-electron chi connectivity index (χ2n) is 4.66. The van der Waals surface area contributed by atoms with E-state index in [2.05, 4.69) is 10.6 Å². The van der Waals surface area contributed by atoms with Crippen LogP contribution in [0, 0.1) is 0 Å². The topological polar surface area (TPSA) is 61.4 Å². The third kappa shape index (κ3) is 4.51. The van der Waals surface area contributed by atoms with Crippen molar-refractivity contribution < 1.29 is 9.90 Å². The van der Waals surface area contributed by atoms with Crippen molar-refractivity contribution in [1.29, 1.82) is 0 Å². The molecule has 1 unspecified atom stereocenters. The van der Waals surface area contributed by atoms with E-state index < -0.39 is 5.60 Å². The number of urea groups is 1. The average Bonchev–Trinajstić information content (AvgIpc) is 2.68. The number of carbonyl (C=O) groups is 1. The molecule has 0 spiro atoms. The number of amides is 2. The number of hydrogen-bond donors (Lipinski definition) is 3. The van der Waals surface area contributed by atoms with Crippen molar-refractivity contribution in [3.8, 4) is 0 Å². The largest absolute Gasteiger partial charge is 0.388 e. The number of nitrogens with one attached hydrogen (secondary N) is 2. The van der Waals surface area contributed by atoms with Crippen LogP contribution in [0.2, 0.25) is 0 Å². The number of carbonyl (C=O) groups excluding carboxylic acids is 1. The van der Waals surface area contributed by atoms with Gasteiger partial charge in [0, 0.05) is 12.6 Å². The zero-order valence-electron chi connectivity index (χ0n) is 9.68. The van der Waals surface area contributed by atoms with Gasteiger partial charge in [-0.25, -0.2) is 4.79 Å². The smallest absolute Gasteiger partial charge is 0.315 e. The minimum Gasteiger partial charge on any atom is -0.388 e. The van der Waals surface area contributed by atoms with Gasteiger partial charge >= 0.3 is 6.03 Å². The van der Waals surface area contributed by atoms with Gasteiger partial charge in [0.1, 0.15) is 0 Å². The Bertz CT molecular complexity index is 211. The van der Waals surface area contributed by atoms with Crippen LogP contribution in [0.25, 0.3) is 0 Å². The maximum Gasteiger partial charge on any atom is 0.315 e. The van der Waals surface area contributed by atoms with Crippen molar-refractivity contribution in [2.45, 2.75) is 57.6 Å². The Kier molecular flexibility index (Phi) is 4.39. The van der Waals surface area contributed by atoms with E-state index in [1.807, 2.05) is 6.92 Å². The highest BCUT2D eigenvalue weighted by atomic mass is 16.3. The first kappa shape index (κ1) is 12.3. The van der Waals surface area contributed by atoms with Gasteiger partial charge in [0.15, 0.2) is 0 Å². The van der Waals surface area contributed by atoms with Gasteiger partial charge in [-0.2, -0.15) is 0 Å². The van der Waals surface area contributed by atoms with Gasteiger partial charge in [0.25, 0.3) is 0 Å². The summed E-state index contributed by atoms with van der Waals surface area (Å²) in [6.45, 7) is 3.93. The van der Waals surface area contributed by atoms with Crippen LogP contribution in [0.4, 0.5) is 4.79 Å². The fourth-order valence-electron chi connectivity index (χ4n) is 1.70. The van der Waals surface area contributed by atoms with E-state index in [0.717, 1.165) is 12.8 Å². The first-order chi connectivity index (χ1) is 7.03. The predicted molar refractivity (Wildman–Crippen MR) is 59.7 cm³/mol. The summed E-state index contributed by atoms with van der Waals surface area (Å²) in [6, 6.07) is 0.173. The predicted octanol–water partition coefficient (Wildman–Crippen LogP) is 1.39. The summed E-state index contributed by atoms with van der Waals surface area (Å²) in [7, 11) is 0.